The van der Waals surface area contributed by atoms with Crippen molar-refractivity contribution in [3.05, 3.63) is 41.8 Å². The average Bonchev–Trinajstić information content (AvgIpc) is 3.13. The summed E-state index contributed by atoms with van der Waals surface area (Å²) >= 11 is 0. The highest BCUT2D eigenvalue weighted by Crippen LogP contribution is 2.22. The topological polar surface area (TPSA) is 31.4 Å². The van der Waals surface area contributed by atoms with Gasteiger partial charge >= 0.3 is 0 Å². The van der Waals surface area contributed by atoms with Gasteiger partial charge in [-0.2, -0.15) is 0 Å². The maximum absolute atomic E-state index is 13.9. The van der Waals surface area contributed by atoms with Crippen molar-refractivity contribution in [1.29, 1.82) is 0 Å². The van der Waals surface area contributed by atoms with Crippen LogP contribution in [0, 0.1) is 5.82 Å². The van der Waals surface area contributed by atoms with Crippen molar-refractivity contribution in [3.8, 4) is 0 Å². The average molecular weight is 314 g/mol. The Labute approximate surface area is 136 Å². The summed E-state index contributed by atoms with van der Waals surface area (Å²) in [5, 5.41) is 4.07. The number of rotatable bonds is 3. The molecule has 2 aliphatic rings. The molecule has 2 aliphatic heterocycles. The third-order valence-corrected chi connectivity index (χ3v) is 5.15. The van der Waals surface area contributed by atoms with Crippen LogP contribution in [0.2, 0.25) is 0 Å². The number of nitrogens with one attached hydrogen (secondary N) is 1. The van der Waals surface area contributed by atoms with Gasteiger partial charge in [0.25, 0.3) is 0 Å². The first-order chi connectivity index (χ1) is 11.3. The number of fused-ring (bicyclic) bond motifs is 1. The molecule has 4 rings (SSSR count). The molecule has 4 nitrogen and oxygen atoms in total. The minimum atomic E-state index is -0.185. The summed E-state index contributed by atoms with van der Waals surface area (Å²) in [5.74, 6) is -0.185. The number of nitrogens with zero attached hydrogens (tertiary/aromatic N) is 3. The zero-order valence-electron chi connectivity index (χ0n) is 13.3. The second-order valence-corrected chi connectivity index (χ2v) is 6.56. The molecule has 0 amide bonds. The van der Waals surface area contributed by atoms with Gasteiger partial charge in [0.15, 0.2) is 0 Å². The zero-order valence-corrected chi connectivity index (χ0v) is 13.3. The zero-order chi connectivity index (χ0) is 15.6. The Morgan fingerprint density at radius 3 is 2.83 bits per heavy atom. The van der Waals surface area contributed by atoms with Gasteiger partial charge < -0.3 is 5.32 Å². The van der Waals surface area contributed by atoms with E-state index in [1.54, 1.807) is 18.3 Å². The second-order valence-electron chi connectivity index (χ2n) is 6.56. The van der Waals surface area contributed by atoms with Crippen LogP contribution in [0.1, 0.15) is 12.0 Å². The molecule has 1 atom stereocenters. The van der Waals surface area contributed by atoms with Crippen molar-refractivity contribution in [3.63, 3.8) is 0 Å². The van der Waals surface area contributed by atoms with E-state index in [1.807, 2.05) is 12.1 Å². The molecule has 2 saturated heterocycles. The SMILES string of the molecule is Fc1ccc(CN2CCN(C3CCNC3)CC2)c2ncccc12. The van der Waals surface area contributed by atoms with Crippen molar-refractivity contribution < 1.29 is 4.39 Å². The van der Waals surface area contributed by atoms with Crippen LogP contribution in [-0.2, 0) is 6.54 Å². The normalized spacial score (nSPS) is 23.6. The number of piperazine rings is 1. The maximum atomic E-state index is 13.9. The van der Waals surface area contributed by atoms with Gasteiger partial charge in [-0.15, -0.1) is 0 Å². The fraction of sp³-hybridized carbons (Fsp3) is 0.500. The Morgan fingerprint density at radius 2 is 2.04 bits per heavy atom. The minimum Gasteiger partial charge on any atom is -0.315 e. The first-order valence-electron chi connectivity index (χ1n) is 8.50. The van der Waals surface area contributed by atoms with Crippen LogP contribution in [-0.4, -0.2) is 60.1 Å². The minimum absolute atomic E-state index is 0.185. The monoisotopic (exact) mass is 314 g/mol. The maximum Gasteiger partial charge on any atom is 0.132 e. The van der Waals surface area contributed by atoms with E-state index in [2.05, 4.69) is 20.1 Å². The van der Waals surface area contributed by atoms with Crippen LogP contribution in [0.25, 0.3) is 10.9 Å². The highest BCUT2D eigenvalue weighted by atomic mass is 19.1. The van der Waals surface area contributed by atoms with Crippen molar-refractivity contribution in [2.45, 2.75) is 19.0 Å². The molecule has 0 bridgehead atoms. The summed E-state index contributed by atoms with van der Waals surface area (Å²) in [6.45, 7) is 7.53. The molecular weight excluding hydrogens is 291 g/mol. The smallest absolute Gasteiger partial charge is 0.132 e. The van der Waals surface area contributed by atoms with Gasteiger partial charge in [0.05, 0.1) is 5.52 Å². The van der Waals surface area contributed by atoms with E-state index in [1.165, 1.54) is 6.42 Å². The van der Waals surface area contributed by atoms with Crippen LogP contribution in [0.5, 0.6) is 0 Å². The number of benzene rings is 1. The lowest BCUT2D eigenvalue weighted by Crippen LogP contribution is -2.50. The molecule has 0 saturated carbocycles. The predicted octanol–water partition coefficient (Wildman–Crippen LogP) is 1.85. The van der Waals surface area contributed by atoms with Crippen molar-refractivity contribution >= 4 is 10.9 Å². The molecule has 0 radical (unpaired) electrons. The third-order valence-electron chi connectivity index (χ3n) is 5.15. The van der Waals surface area contributed by atoms with Gasteiger partial charge in [-0.3, -0.25) is 14.8 Å². The summed E-state index contributed by atoms with van der Waals surface area (Å²) in [6, 6.07) is 7.78. The molecule has 2 fully saturated rings. The molecule has 1 unspecified atom stereocenters. The van der Waals surface area contributed by atoms with E-state index in [9.17, 15) is 4.39 Å². The number of halogens is 1. The number of hydrogen-bond acceptors (Lipinski definition) is 4. The van der Waals surface area contributed by atoms with E-state index in [0.717, 1.165) is 56.9 Å². The lowest BCUT2D eigenvalue weighted by molar-refractivity contribution is 0.0983. The van der Waals surface area contributed by atoms with Crippen LogP contribution in [0.15, 0.2) is 30.5 Å². The highest BCUT2D eigenvalue weighted by Gasteiger charge is 2.26. The van der Waals surface area contributed by atoms with Gasteiger partial charge in [0.1, 0.15) is 5.82 Å². The molecule has 5 heteroatoms. The fourth-order valence-electron chi connectivity index (χ4n) is 3.80. The first-order valence-corrected chi connectivity index (χ1v) is 8.50. The van der Waals surface area contributed by atoms with Crippen LogP contribution in [0.3, 0.4) is 0 Å². The Morgan fingerprint density at radius 1 is 1.17 bits per heavy atom. The Kier molecular flexibility index (Phi) is 4.25. The van der Waals surface area contributed by atoms with Crippen LogP contribution < -0.4 is 5.32 Å². The molecule has 0 spiro atoms. The largest absolute Gasteiger partial charge is 0.315 e. The predicted molar refractivity (Wildman–Crippen MR) is 89.8 cm³/mol. The standard InChI is InChI=1S/C18H23FN4/c19-17-4-3-14(18-16(17)2-1-6-21-18)13-22-8-10-23(11-9-22)15-5-7-20-12-15/h1-4,6,15,20H,5,7-13H2. The summed E-state index contributed by atoms with van der Waals surface area (Å²) in [7, 11) is 0. The molecule has 1 aromatic heterocycles. The molecule has 122 valence electrons. The van der Waals surface area contributed by atoms with Gasteiger partial charge in [-0.25, -0.2) is 4.39 Å². The van der Waals surface area contributed by atoms with Crippen LogP contribution >= 0.6 is 0 Å². The van der Waals surface area contributed by atoms with Gasteiger partial charge in [-0.05, 0) is 36.7 Å². The quantitative estimate of drug-likeness (QED) is 0.937. The van der Waals surface area contributed by atoms with E-state index in [0.29, 0.717) is 11.4 Å². The Hall–Kier alpha value is -1.56. The van der Waals surface area contributed by atoms with Crippen molar-refractivity contribution in [1.82, 2.24) is 20.1 Å². The van der Waals surface area contributed by atoms with Crippen LogP contribution in [0.4, 0.5) is 4.39 Å². The summed E-state index contributed by atoms with van der Waals surface area (Å²) in [4.78, 5) is 9.47. The number of hydrogen-bond donors (Lipinski definition) is 1. The molecule has 1 aromatic carbocycles. The molecule has 23 heavy (non-hydrogen) atoms. The summed E-state index contributed by atoms with van der Waals surface area (Å²) in [6.07, 6.45) is 3.02. The van der Waals surface area contributed by atoms with Crippen molar-refractivity contribution in [2.75, 3.05) is 39.3 Å². The lowest BCUT2D eigenvalue weighted by atomic mass is 10.1. The highest BCUT2D eigenvalue weighted by molar-refractivity contribution is 5.82. The molecular formula is C18H23FN4. The van der Waals surface area contributed by atoms with E-state index < -0.39 is 0 Å². The molecule has 1 N–H and O–H groups in total. The second kappa shape index (κ2) is 6.51. The van der Waals surface area contributed by atoms with Crippen molar-refractivity contribution in [2.24, 2.45) is 0 Å². The number of pyridine rings is 1. The van der Waals surface area contributed by atoms with Gasteiger partial charge in [0.2, 0.25) is 0 Å². The summed E-state index contributed by atoms with van der Waals surface area (Å²) < 4.78 is 13.9. The lowest BCUT2D eigenvalue weighted by Gasteiger charge is -2.37. The number of aromatic nitrogens is 1. The molecule has 0 aliphatic carbocycles. The summed E-state index contributed by atoms with van der Waals surface area (Å²) in [5.41, 5.74) is 1.92. The van der Waals surface area contributed by atoms with Gasteiger partial charge in [0, 0.05) is 56.9 Å². The third kappa shape index (κ3) is 3.09. The molecule has 3 heterocycles. The Balaban J connectivity index is 1.44. The molecule has 2 aromatic rings. The first kappa shape index (κ1) is 15.0. The Bertz CT molecular complexity index is 676. The van der Waals surface area contributed by atoms with E-state index in [-0.39, 0.29) is 5.82 Å². The van der Waals surface area contributed by atoms with Gasteiger partial charge in [-0.1, -0.05) is 6.07 Å². The van der Waals surface area contributed by atoms with E-state index >= 15 is 0 Å². The van der Waals surface area contributed by atoms with E-state index in [4.69, 9.17) is 0 Å². The fourth-order valence-corrected chi connectivity index (χ4v) is 3.80.